The molecule has 1 aromatic heterocycles. The number of nitriles is 1. The molecule has 0 aliphatic heterocycles. The van der Waals surface area contributed by atoms with E-state index in [1.165, 1.54) is 0 Å². The maximum atomic E-state index is 12.5. The predicted octanol–water partition coefficient (Wildman–Crippen LogP) is 5.29. The number of nitrogens with zero attached hydrogens (tertiary/aromatic N) is 2. The molecule has 1 amide bonds. The summed E-state index contributed by atoms with van der Waals surface area (Å²) in [7, 11) is 0. The van der Waals surface area contributed by atoms with Crippen LogP contribution in [-0.2, 0) is 4.79 Å². The van der Waals surface area contributed by atoms with Crippen molar-refractivity contribution in [3.63, 3.8) is 0 Å². The molecule has 0 atom stereocenters. The molecule has 1 heterocycles. The number of halogens is 1. The fourth-order valence-corrected chi connectivity index (χ4v) is 3.15. The molecule has 0 saturated heterocycles. The van der Waals surface area contributed by atoms with Gasteiger partial charge in [0.1, 0.15) is 11.6 Å². The van der Waals surface area contributed by atoms with Gasteiger partial charge in [-0.2, -0.15) is 5.26 Å². The third-order valence-corrected chi connectivity index (χ3v) is 4.60. The molecule has 3 rings (SSSR count). The molecule has 0 unspecified atom stereocenters. The van der Waals surface area contributed by atoms with E-state index in [1.807, 2.05) is 56.3 Å². The number of amides is 1. The van der Waals surface area contributed by atoms with Crippen LogP contribution in [0.4, 0.5) is 5.69 Å². The van der Waals surface area contributed by atoms with E-state index in [2.05, 4.69) is 9.88 Å². The Morgan fingerprint density at radius 3 is 2.44 bits per heavy atom. The Morgan fingerprint density at radius 2 is 1.78 bits per heavy atom. The van der Waals surface area contributed by atoms with Crippen LogP contribution in [0, 0.1) is 25.2 Å². The van der Waals surface area contributed by atoms with Crippen molar-refractivity contribution in [3.8, 4) is 11.8 Å². The monoisotopic (exact) mass is 375 g/mol. The summed E-state index contributed by atoms with van der Waals surface area (Å²) in [6.07, 6.45) is 1.61. The zero-order valence-corrected chi connectivity index (χ0v) is 15.8. The number of carbonyl (C=O) groups is 1. The third kappa shape index (κ3) is 3.94. The Hall–Kier alpha value is -3.29. The van der Waals surface area contributed by atoms with Crippen LogP contribution < -0.4 is 5.32 Å². The molecule has 4 nitrogen and oxygen atoms in total. The van der Waals surface area contributed by atoms with Gasteiger partial charge in [-0.15, -0.1) is 0 Å². The molecule has 0 aliphatic rings. The van der Waals surface area contributed by atoms with Crippen LogP contribution in [0.15, 0.2) is 66.2 Å². The Balaban J connectivity index is 1.94. The first kappa shape index (κ1) is 18.5. The molecule has 3 aromatic rings. The average Bonchev–Trinajstić information content (AvgIpc) is 2.95. The van der Waals surface area contributed by atoms with Crippen LogP contribution in [0.25, 0.3) is 11.8 Å². The molecule has 0 bridgehead atoms. The van der Waals surface area contributed by atoms with Crippen molar-refractivity contribution >= 4 is 29.3 Å². The van der Waals surface area contributed by atoms with Crippen molar-refractivity contribution in [1.82, 2.24) is 4.57 Å². The van der Waals surface area contributed by atoms with Gasteiger partial charge in [-0.05, 0) is 55.8 Å². The highest BCUT2D eigenvalue weighted by atomic mass is 35.5. The van der Waals surface area contributed by atoms with Crippen molar-refractivity contribution in [3.05, 3.63) is 88.2 Å². The summed E-state index contributed by atoms with van der Waals surface area (Å²) in [4.78, 5) is 12.5. The van der Waals surface area contributed by atoms with E-state index in [0.717, 1.165) is 22.6 Å². The second kappa shape index (κ2) is 7.94. The lowest BCUT2D eigenvalue weighted by Crippen LogP contribution is -2.13. The second-order valence-corrected chi connectivity index (χ2v) is 6.51. The van der Waals surface area contributed by atoms with E-state index in [4.69, 9.17) is 11.6 Å². The fraction of sp³-hybridized carbons (Fsp3) is 0.0909. The molecule has 0 radical (unpaired) electrons. The van der Waals surface area contributed by atoms with Gasteiger partial charge in [-0.3, -0.25) is 4.79 Å². The van der Waals surface area contributed by atoms with Gasteiger partial charge in [-0.1, -0.05) is 41.9 Å². The lowest BCUT2D eigenvalue weighted by Gasteiger charge is -2.09. The number of aryl methyl sites for hydroxylation is 1. The molecule has 0 aliphatic carbocycles. The largest absolute Gasteiger partial charge is 0.320 e. The minimum Gasteiger partial charge on any atom is -0.320 e. The average molecular weight is 376 g/mol. The lowest BCUT2D eigenvalue weighted by molar-refractivity contribution is -0.112. The van der Waals surface area contributed by atoms with Gasteiger partial charge in [-0.25, -0.2) is 0 Å². The van der Waals surface area contributed by atoms with Crippen LogP contribution in [0.3, 0.4) is 0 Å². The first-order valence-corrected chi connectivity index (χ1v) is 8.81. The van der Waals surface area contributed by atoms with Crippen LogP contribution >= 0.6 is 11.6 Å². The SMILES string of the molecule is Cc1cc(/C=C(/C#N)C(=O)Nc2ccccc2Cl)c(C)n1-c1ccccc1. The minimum absolute atomic E-state index is 0.0169. The van der Waals surface area contributed by atoms with Crippen molar-refractivity contribution in [1.29, 1.82) is 5.26 Å². The van der Waals surface area contributed by atoms with Gasteiger partial charge >= 0.3 is 0 Å². The Morgan fingerprint density at radius 1 is 1.11 bits per heavy atom. The molecule has 1 N–H and O–H groups in total. The van der Waals surface area contributed by atoms with E-state index < -0.39 is 5.91 Å². The summed E-state index contributed by atoms with van der Waals surface area (Å²) in [5, 5.41) is 12.6. The lowest BCUT2D eigenvalue weighted by atomic mass is 10.1. The van der Waals surface area contributed by atoms with Crippen LogP contribution in [0.2, 0.25) is 5.02 Å². The van der Waals surface area contributed by atoms with E-state index in [9.17, 15) is 10.1 Å². The van der Waals surface area contributed by atoms with Gasteiger partial charge in [0.25, 0.3) is 5.91 Å². The topological polar surface area (TPSA) is 57.8 Å². The van der Waals surface area contributed by atoms with Gasteiger partial charge in [0, 0.05) is 17.1 Å². The molecule has 5 heteroatoms. The van der Waals surface area contributed by atoms with E-state index >= 15 is 0 Å². The number of hydrogen-bond donors (Lipinski definition) is 1. The highest BCUT2D eigenvalue weighted by molar-refractivity contribution is 6.34. The molecule has 0 fully saturated rings. The standard InChI is InChI=1S/C22H18ClN3O/c1-15-12-17(16(2)26(15)19-8-4-3-5-9-19)13-18(14-24)22(27)25-21-11-7-6-10-20(21)23/h3-13H,1-2H3,(H,25,27)/b18-13-. The maximum Gasteiger partial charge on any atom is 0.266 e. The quantitative estimate of drug-likeness (QED) is 0.497. The summed E-state index contributed by atoms with van der Waals surface area (Å²) < 4.78 is 2.09. The second-order valence-electron chi connectivity index (χ2n) is 6.10. The molecular weight excluding hydrogens is 358 g/mol. The summed E-state index contributed by atoms with van der Waals surface area (Å²) in [6.45, 7) is 3.96. The number of carbonyl (C=O) groups excluding carboxylic acids is 1. The number of nitrogens with one attached hydrogen (secondary N) is 1. The number of aromatic nitrogens is 1. The van der Waals surface area contributed by atoms with Crippen molar-refractivity contribution < 1.29 is 4.79 Å². The number of anilines is 1. The first-order valence-electron chi connectivity index (χ1n) is 8.43. The van der Waals surface area contributed by atoms with Crippen LogP contribution in [0.1, 0.15) is 17.0 Å². The number of rotatable bonds is 4. The van der Waals surface area contributed by atoms with Crippen LogP contribution in [-0.4, -0.2) is 10.5 Å². The molecule has 0 spiro atoms. The van der Waals surface area contributed by atoms with Gasteiger partial charge < -0.3 is 9.88 Å². The molecule has 134 valence electrons. The number of benzene rings is 2. The molecular formula is C22H18ClN3O. The first-order chi connectivity index (χ1) is 13.0. The van der Waals surface area contributed by atoms with Crippen molar-refractivity contribution in [2.75, 3.05) is 5.32 Å². The molecule has 2 aromatic carbocycles. The highest BCUT2D eigenvalue weighted by Gasteiger charge is 2.14. The summed E-state index contributed by atoms with van der Waals surface area (Å²) in [5.41, 5.74) is 4.32. The predicted molar refractivity (Wildman–Crippen MR) is 109 cm³/mol. The fourth-order valence-electron chi connectivity index (χ4n) is 2.96. The van der Waals surface area contributed by atoms with Gasteiger partial charge in [0.15, 0.2) is 0 Å². The van der Waals surface area contributed by atoms with Crippen molar-refractivity contribution in [2.45, 2.75) is 13.8 Å². The summed E-state index contributed by atoms with van der Waals surface area (Å²) >= 11 is 6.07. The molecule has 27 heavy (non-hydrogen) atoms. The number of hydrogen-bond acceptors (Lipinski definition) is 2. The third-order valence-electron chi connectivity index (χ3n) is 4.27. The minimum atomic E-state index is -0.491. The zero-order chi connectivity index (χ0) is 19.4. The van der Waals surface area contributed by atoms with E-state index in [1.54, 1.807) is 30.3 Å². The molecule has 0 saturated carbocycles. The van der Waals surface area contributed by atoms with Crippen LogP contribution in [0.5, 0.6) is 0 Å². The smallest absolute Gasteiger partial charge is 0.266 e. The number of para-hydroxylation sites is 2. The highest BCUT2D eigenvalue weighted by Crippen LogP contribution is 2.24. The summed E-state index contributed by atoms with van der Waals surface area (Å²) in [5.74, 6) is -0.491. The van der Waals surface area contributed by atoms with Crippen molar-refractivity contribution in [2.24, 2.45) is 0 Å². The summed E-state index contributed by atoms with van der Waals surface area (Å²) in [6, 6.07) is 20.8. The van der Waals surface area contributed by atoms with Gasteiger partial charge in [0.05, 0.1) is 10.7 Å². The van der Waals surface area contributed by atoms with E-state index in [-0.39, 0.29) is 5.57 Å². The Labute approximate surface area is 163 Å². The Bertz CT molecular complexity index is 1060. The normalized spacial score (nSPS) is 11.1. The Kier molecular flexibility index (Phi) is 5.44. The maximum absolute atomic E-state index is 12.5. The zero-order valence-electron chi connectivity index (χ0n) is 15.0. The van der Waals surface area contributed by atoms with E-state index in [0.29, 0.717) is 10.7 Å². The van der Waals surface area contributed by atoms with Gasteiger partial charge in [0.2, 0.25) is 0 Å².